The minimum absolute atomic E-state index is 0.0372. The van der Waals surface area contributed by atoms with Crippen molar-refractivity contribution in [1.29, 1.82) is 0 Å². The van der Waals surface area contributed by atoms with Gasteiger partial charge in [-0.1, -0.05) is 47.7 Å². The Bertz CT molecular complexity index is 1120. The predicted molar refractivity (Wildman–Crippen MR) is 117 cm³/mol. The molecule has 0 saturated carbocycles. The zero-order chi connectivity index (χ0) is 20.4. The van der Waals surface area contributed by atoms with Crippen molar-refractivity contribution in [3.05, 3.63) is 83.6 Å². The zero-order valence-corrected chi connectivity index (χ0v) is 17.0. The quantitative estimate of drug-likeness (QED) is 0.381. The molecule has 1 aromatic heterocycles. The van der Waals surface area contributed by atoms with Gasteiger partial charge in [-0.15, -0.1) is 0 Å². The number of benzene rings is 2. The summed E-state index contributed by atoms with van der Waals surface area (Å²) >= 11 is 6.67. The SMILES string of the molecule is Cc1ccc(N2C(=O)/C(=C/c3ccc(Sc4ccccc4)o3)C(=O)NC2=S)cc1. The number of aryl methyl sites for hydroxylation is 1. The van der Waals surface area contributed by atoms with Crippen LogP contribution in [0.5, 0.6) is 0 Å². The molecule has 0 bridgehead atoms. The highest BCUT2D eigenvalue weighted by Crippen LogP contribution is 2.30. The molecule has 4 rings (SSSR count). The average molecular weight is 421 g/mol. The first-order valence-electron chi connectivity index (χ1n) is 8.82. The van der Waals surface area contributed by atoms with Crippen molar-refractivity contribution in [1.82, 2.24) is 5.32 Å². The molecule has 5 nitrogen and oxygen atoms in total. The van der Waals surface area contributed by atoms with Gasteiger partial charge in [0.1, 0.15) is 11.3 Å². The van der Waals surface area contributed by atoms with Crippen LogP contribution in [0.2, 0.25) is 0 Å². The van der Waals surface area contributed by atoms with E-state index in [1.165, 1.54) is 22.7 Å². The number of hydrogen-bond donors (Lipinski definition) is 1. The molecule has 1 aliphatic heterocycles. The highest BCUT2D eigenvalue weighted by Gasteiger charge is 2.34. The Morgan fingerprint density at radius 1 is 1.00 bits per heavy atom. The third-order valence-electron chi connectivity index (χ3n) is 4.24. The minimum Gasteiger partial charge on any atom is -0.450 e. The molecule has 0 radical (unpaired) electrons. The molecule has 3 aromatic rings. The third kappa shape index (κ3) is 4.16. The summed E-state index contributed by atoms with van der Waals surface area (Å²) in [6.07, 6.45) is 1.44. The monoisotopic (exact) mass is 420 g/mol. The van der Waals surface area contributed by atoms with Crippen LogP contribution in [0, 0.1) is 6.92 Å². The van der Waals surface area contributed by atoms with Crippen LogP contribution >= 0.6 is 24.0 Å². The Morgan fingerprint density at radius 2 is 1.72 bits per heavy atom. The van der Waals surface area contributed by atoms with Gasteiger partial charge < -0.3 is 4.42 Å². The summed E-state index contributed by atoms with van der Waals surface area (Å²) in [6, 6.07) is 20.7. The summed E-state index contributed by atoms with van der Waals surface area (Å²) < 4.78 is 5.77. The molecule has 1 saturated heterocycles. The minimum atomic E-state index is -0.544. The molecule has 0 spiro atoms. The van der Waals surface area contributed by atoms with Crippen molar-refractivity contribution in [2.75, 3.05) is 4.90 Å². The average Bonchev–Trinajstić information content (AvgIpc) is 3.14. The number of nitrogens with one attached hydrogen (secondary N) is 1. The summed E-state index contributed by atoms with van der Waals surface area (Å²) in [7, 11) is 0. The normalized spacial score (nSPS) is 15.7. The summed E-state index contributed by atoms with van der Waals surface area (Å²) in [5.41, 5.74) is 1.61. The largest absolute Gasteiger partial charge is 0.450 e. The summed E-state index contributed by atoms with van der Waals surface area (Å²) in [4.78, 5) is 27.7. The van der Waals surface area contributed by atoms with E-state index in [1.54, 1.807) is 24.3 Å². The van der Waals surface area contributed by atoms with Gasteiger partial charge in [-0.3, -0.25) is 19.8 Å². The van der Waals surface area contributed by atoms with E-state index in [0.29, 0.717) is 16.5 Å². The molecule has 0 aliphatic carbocycles. The maximum Gasteiger partial charge on any atom is 0.270 e. The van der Waals surface area contributed by atoms with E-state index in [4.69, 9.17) is 16.6 Å². The number of rotatable bonds is 4. The molecule has 2 aromatic carbocycles. The van der Waals surface area contributed by atoms with Gasteiger partial charge in [0.15, 0.2) is 10.2 Å². The van der Waals surface area contributed by atoms with Crippen LogP contribution in [0.15, 0.2) is 86.7 Å². The topological polar surface area (TPSA) is 62.6 Å². The van der Waals surface area contributed by atoms with Crippen molar-refractivity contribution in [2.45, 2.75) is 16.9 Å². The first kappa shape index (κ1) is 19.2. The van der Waals surface area contributed by atoms with E-state index < -0.39 is 11.8 Å². The molecule has 144 valence electrons. The van der Waals surface area contributed by atoms with Gasteiger partial charge in [0.25, 0.3) is 11.8 Å². The Kier molecular flexibility index (Phi) is 5.33. The lowest BCUT2D eigenvalue weighted by Gasteiger charge is -2.28. The maximum atomic E-state index is 13.0. The number of carbonyl (C=O) groups is 2. The van der Waals surface area contributed by atoms with Crippen molar-refractivity contribution in [2.24, 2.45) is 0 Å². The highest BCUT2D eigenvalue weighted by atomic mass is 32.2. The van der Waals surface area contributed by atoms with E-state index in [1.807, 2.05) is 49.4 Å². The zero-order valence-electron chi connectivity index (χ0n) is 15.4. The predicted octanol–water partition coefficient (Wildman–Crippen LogP) is 4.57. The van der Waals surface area contributed by atoms with Crippen molar-refractivity contribution in [3.8, 4) is 0 Å². The number of furan rings is 1. The van der Waals surface area contributed by atoms with E-state index in [-0.39, 0.29) is 10.7 Å². The highest BCUT2D eigenvalue weighted by molar-refractivity contribution is 7.99. The molecule has 29 heavy (non-hydrogen) atoms. The molecule has 0 atom stereocenters. The lowest BCUT2D eigenvalue weighted by atomic mass is 10.1. The molecule has 1 fully saturated rings. The number of carbonyl (C=O) groups excluding carboxylic acids is 2. The lowest BCUT2D eigenvalue weighted by molar-refractivity contribution is -0.122. The van der Waals surface area contributed by atoms with Crippen LogP contribution in [-0.2, 0) is 9.59 Å². The van der Waals surface area contributed by atoms with Gasteiger partial charge in [0.05, 0.1) is 5.69 Å². The van der Waals surface area contributed by atoms with Gasteiger partial charge in [-0.05, 0) is 61.6 Å². The first-order chi connectivity index (χ1) is 14.0. The van der Waals surface area contributed by atoms with Crippen LogP contribution in [0.4, 0.5) is 5.69 Å². The van der Waals surface area contributed by atoms with Gasteiger partial charge >= 0.3 is 0 Å². The fourth-order valence-corrected chi connectivity index (χ4v) is 3.88. The Hall–Kier alpha value is -3.16. The van der Waals surface area contributed by atoms with E-state index in [2.05, 4.69) is 5.32 Å². The Balaban J connectivity index is 1.60. The number of amides is 2. The van der Waals surface area contributed by atoms with Gasteiger partial charge in [-0.25, -0.2) is 0 Å². The third-order valence-corrected chi connectivity index (χ3v) is 5.46. The second-order valence-corrected chi connectivity index (χ2v) is 7.83. The molecular formula is C22H16N2O3S2. The number of anilines is 1. The molecule has 7 heteroatoms. The van der Waals surface area contributed by atoms with E-state index in [0.717, 1.165) is 10.5 Å². The second kappa shape index (κ2) is 8.06. The van der Waals surface area contributed by atoms with Gasteiger partial charge in [-0.2, -0.15) is 0 Å². The lowest BCUT2D eigenvalue weighted by Crippen LogP contribution is -2.54. The summed E-state index contributed by atoms with van der Waals surface area (Å²) in [5.74, 6) is -0.619. The van der Waals surface area contributed by atoms with Crippen molar-refractivity contribution < 1.29 is 14.0 Å². The van der Waals surface area contributed by atoms with E-state index in [9.17, 15) is 9.59 Å². The van der Waals surface area contributed by atoms with E-state index >= 15 is 0 Å². The van der Waals surface area contributed by atoms with Crippen molar-refractivity contribution >= 4 is 52.7 Å². The molecule has 2 heterocycles. The molecular weight excluding hydrogens is 404 g/mol. The smallest absolute Gasteiger partial charge is 0.270 e. The number of thiocarbonyl (C=S) groups is 1. The van der Waals surface area contributed by atoms with Crippen LogP contribution in [0.1, 0.15) is 11.3 Å². The van der Waals surface area contributed by atoms with Crippen LogP contribution in [-0.4, -0.2) is 16.9 Å². The fraction of sp³-hybridized carbons (Fsp3) is 0.0455. The summed E-state index contributed by atoms with van der Waals surface area (Å²) in [5, 5.41) is 3.29. The van der Waals surface area contributed by atoms with Crippen LogP contribution < -0.4 is 10.2 Å². The van der Waals surface area contributed by atoms with Crippen LogP contribution in [0.3, 0.4) is 0 Å². The molecule has 0 unspecified atom stereocenters. The van der Waals surface area contributed by atoms with Crippen LogP contribution in [0.25, 0.3) is 6.08 Å². The van der Waals surface area contributed by atoms with Gasteiger partial charge in [0.2, 0.25) is 0 Å². The summed E-state index contributed by atoms with van der Waals surface area (Å²) in [6.45, 7) is 1.95. The maximum absolute atomic E-state index is 13.0. The Morgan fingerprint density at radius 3 is 2.45 bits per heavy atom. The molecule has 2 amide bonds. The molecule has 1 aliphatic rings. The standard InChI is InChI=1S/C22H16N2O3S2/c1-14-7-9-15(10-8-14)24-21(26)18(20(25)23-22(24)28)13-16-11-12-19(27-16)29-17-5-3-2-4-6-17/h2-13H,1H3,(H,23,25,28)/b18-13+. The van der Waals surface area contributed by atoms with Crippen molar-refractivity contribution in [3.63, 3.8) is 0 Å². The number of hydrogen-bond acceptors (Lipinski definition) is 5. The molecule has 1 N–H and O–H groups in total. The van der Waals surface area contributed by atoms with Gasteiger partial charge in [0, 0.05) is 4.90 Å². The fourth-order valence-electron chi connectivity index (χ4n) is 2.80. The Labute approximate surface area is 177 Å². The first-order valence-corrected chi connectivity index (χ1v) is 10.0. The number of nitrogens with zero attached hydrogens (tertiary/aromatic N) is 1. The second-order valence-electron chi connectivity index (χ2n) is 6.37.